The van der Waals surface area contributed by atoms with Gasteiger partial charge in [0.1, 0.15) is 18.1 Å². The molecule has 1 aromatic heterocycles. The number of nitrogens with one attached hydrogen (secondary N) is 1. The molecular weight excluding hydrogens is 286 g/mol. The Balaban J connectivity index is 1.92. The molecule has 1 heterocycles. The van der Waals surface area contributed by atoms with Crippen molar-refractivity contribution in [2.45, 2.75) is 33.9 Å². The highest BCUT2D eigenvalue weighted by Crippen LogP contribution is 2.26. The van der Waals surface area contributed by atoms with Crippen LogP contribution in [0.3, 0.4) is 0 Å². The van der Waals surface area contributed by atoms with Crippen molar-refractivity contribution in [3.63, 3.8) is 0 Å². The smallest absolute Gasteiger partial charge is 0.146 e. The van der Waals surface area contributed by atoms with Crippen molar-refractivity contribution < 1.29 is 9.15 Å². The second kappa shape index (κ2) is 7.53. The van der Waals surface area contributed by atoms with Gasteiger partial charge in [0.25, 0.3) is 0 Å². The predicted molar refractivity (Wildman–Crippen MR) is 85.8 cm³/mol. The minimum atomic E-state index is 0.383. The van der Waals surface area contributed by atoms with E-state index in [1.807, 2.05) is 31.2 Å². The molecule has 0 spiro atoms. The number of rotatable bonds is 7. The third kappa shape index (κ3) is 4.80. The summed E-state index contributed by atoms with van der Waals surface area (Å²) in [6.07, 6.45) is 1.70. The molecule has 0 aliphatic rings. The second-order valence-corrected chi connectivity index (χ2v) is 6.02. The Morgan fingerprint density at radius 3 is 2.81 bits per heavy atom. The number of furan rings is 1. The first-order valence-corrected chi connectivity index (χ1v) is 7.59. The molecular formula is C17H22ClNO2. The first-order chi connectivity index (χ1) is 10.1. The van der Waals surface area contributed by atoms with E-state index in [2.05, 4.69) is 19.2 Å². The van der Waals surface area contributed by atoms with Crippen LogP contribution in [0.2, 0.25) is 5.02 Å². The van der Waals surface area contributed by atoms with Crippen LogP contribution in [0.1, 0.15) is 30.7 Å². The second-order valence-electron chi connectivity index (χ2n) is 5.62. The number of aryl methyl sites for hydroxylation is 1. The SMILES string of the molecule is Cc1ccc(OCc2occc2CNCC(C)C)c(Cl)c1. The van der Waals surface area contributed by atoms with Gasteiger partial charge in [0.15, 0.2) is 0 Å². The van der Waals surface area contributed by atoms with Gasteiger partial charge in [-0.15, -0.1) is 0 Å². The van der Waals surface area contributed by atoms with Gasteiger partial charge in [-0.25, -0.2) is 0 Å². The largest absolute Gasteiger partial charge is 0.484 e. The average molecular weight is 308 g/mol. The maximum Gasteiger partial charge on any atom is 0.146 e. The van der Waals surface area contributed by atoms with Crippen LogP contribution in [0.15, 0.2) is 34.9 Å². The van der Waals surface area contributed by atoms with Crippen LogP contribution in [0.4, 0.5) is 0 Å². The van der Waals surface area contributed by atoms with Crippen LogP contribution < -0.4 is 10.1 Å². The number of ether oxygens (including phenoxy) is 1. The molecule has 114 valence electrons. The Hall–Kier alpha value is -1.45. The lowest BCUT2D eigenvalue weighted by atomic mass is 10.2. The first kappa shape index (κ1) is 15.9. The van der Waals surface area contributed by atoms with Crippen molar-refractivity contribution in [2.75, 3.05) is 6.54 Å². The van der Waals surface area contributed by atoms with Crippen LogP contribution in [0.5, 0.6) is 5.75 Å². The molecule has 2 aromatic rings. The van der Waals surface area contributed by atoms with Gasteiger partial charge >= 0.3 is 0 Å². The standard InChI is InChI=1S/C17H22ClNO2/c1-12(2)9-19-10-14-6-7-20-17(14)11-21-16-5-4-13(3)8-15(16)18/h4-8,12,19H,9-11H2,1-3H3. The maximum absolute atomic E-state index is 6.16. The lowest BCUT2D eigenvalue weighted by Crippen LogP contribution is -2.19. The molecule has 0 saturated heterocycles. The molecule has 0 bridgehead atoms. The summed E-state index contributed by atoms with van der Waals surface area (Å²) in [7, 11) is 0. The fraction of sp³-hybridized carbons (Fsp3) is 0.412. The Kier molecular flexibility index (Phi) is 5.71. The lowest BCUT2D eigenvalue weighted by molar-refractivity contribution is 0.268. The van der Waals surface area contributed by atoms with E-state index in [0.717, 1.165) is 30.0 Å². The maximum atomic E-state index is 6.16. The van der Waals surface area contributed by atoms with E-state index in [9.17, 15) is 0 Å². The topological polar surface area (TPSA) is 34.4 Å². The summed E-state index contributed by atoms with van der Waals surface area (Å²) in [4.78, 5) is 0. The molecule has 0 fully saturated rings. The Morgan fingerprint density at radius 1 is 1.29 bits per heavy atom. The van der Waals surface area contributed by atoms with Gasteiger partial charge in [0.05, 0.1) is 11.3 Å². The van der Waals surface area contributed by atoms with E-state index in [-0.39, 0.29) is 0 Å². The van der Waals surface area contributed by atoms with Gasteiger partial charge in [-0.2, -0.15) is 0 Å². The Morgan fingerprint density at radius 2 is 2.10 bits per heavy atom. The summed E-state index contributed by atoms with van der Waals surface area (Å²) >= 11 is 6.16. The molecule has 2 rings (SSSR count). The van der Waals surface area contributed by atoms with Crippen LogP contribution in [-0.4, -0.2) is 6.54 Å². The van der Waals surface area contributed by atoms with Crippen molar-refractivity contribution in [2.24, 2.45) is 5.92 Å². The summed E-state index contributed by atoms with van der Waals surface area (Å²) in [6, 6.07) is 7.73. The summed E-state index contributed by atoms with van der Waals surface area (Å²) in [5.41, 5.74) is 2.24. The first-order valence-electron chi connectivity index (χ1n) is 7.21. The molecule has 0 unspecified atom stereocenters. The van der Waals surface area contributed by atoms with Crippen LogP contribution in [0, 0.1) is 12.8 Å². The highest BCUT2D eigenvalue weighted by atomic mass is 35.5. The fourth-order valence-electron chi connectivity index (χ4n) is 2.01. The minimum Gasteiger partial charge on any atom is -0.484 e. The van der Waals surface area contributed by atoms with Crippen molar-refractivity contribution in [3.05, 3.63) is 52.4 Å². The van der Waals surface area contributed by atoms with Gasteiger partial charge in [-0.3, -0.25) is 0 Å². The van der Waals surface area contributed by atoms with E-state index in [1.165, 1.54) is 0 Å². The van der Waals surface area contributed by atoms with Gasteiger partial charge < -0.3 is 14.5 Å². The van der Waals surface area contributed by atoms with E-state index < -0.39 is 0 Å². The summed E-state index contributed by atoms with van der Waals surface area (Å²) in [6.45, 7) is 8.52. The van der Waals surface area contributed by atoms with E-state index >= 15 is 0 Å². The summed E-state index contributed by atoms with van der Waals surface area (Å²) < 4.78 is 11.3. The molecule has 0 aliphatic carbocycles. The third-order valence-corrected chi connectivity index (χ3v) is 3.45. The molecule has 3 nitrogen and oxygen atoms in total. The number of halogens is 1. The van der Waals surface area contributed by atoms with Crippen molar-refractivity contribution in [3.8, 4) is 5.75 Å². The zero-order chi connectivity index (χ0) is 15.2. The normalized spacial score (nSPS) is 11.1. The van der Waals surface area contributed by atoms with Gasteiger partial charge in [0.2, 0.25) is 0 Å². The van der Waals surface area contributed by atoms with Gasteiger partial charge in [-0.1, -0.05) is 31.5 Å². The molecule has 1 aromatic carbocycles. The third-order valence-electron chi connectivity index (χ3n) is 3.15. The summed E-state index contributed by atoms with van der Waals surface area (Å²) in [5, 5.41) is 4.03. The molecule has 0 atom stereocenters. The molecule has 21 heavy (non-hydrogen) atoms. The van der Waals surface area contributed by atoms with Crippen LogP contribution in [-0.2, 0) is 13.2 Å². The molecule has 0 saturated carbocycles. The predicted octanol–water partition coefficient (Wildman–Crippen LogP) is 4.57. The van der Waals surface area contributed by atoms with E-state index in [4.69, 9.17) is 20.8 Å². The molecule has 0 radical (unpaired) electrons. The van der Waals surface area contributed by atoms with Gasteiger partial charge in [0, 0.05) is 12.1 Å². The minimum absolute atomic E-state index is 0.383. The van der Waals surface area contributed by atoms with Gasteiger partial charge in [-0.05, 0) is 43.1 Å². The van der Waals surface area contributed by atoms with E-state index in [1.54, 1.807) is 6.26 Å². The van der Waals surface area contributed by atoms with E-state index in [0.29, 0.717) is 23.3 Å². The Bertz CT molecular complexity index is 578. The molecule has 1 N–H and O–H groups in total. The monoisotopic (exact) mass is 307 g/mol. The zero-order valence-corrected chi connectivity index (χ0v) is 13.5. The highest BCUT2D eigenvalue weighted by molar-refractivity contribution is 6.32. The van der Waals surface area contributed by atoms with Crippen molar-refractivity contribution in [1.82, 2.24) is 5.32 Å². The number of benzene rings is 1. The quantitative estimate of drug-likeness (QED) is 0.814. The van der Waals surface area contributed by atoms with Crippen LogP contribution >= 0.6 is 11.6 Å². The molecule has 0 aliphatic heterocycles. The number of hydrogen-bond donors (Lipinski definition) is 1. The Labute approximate surface area is 131 Å². The average Bonchev–Trinajstić information content (AvgIpc) is 2.85. The fourth-order valence-corrected chi connectivity index (χ4v) is 2.30. The lowest BCUT2D eigenvalue weighted by Gasteiger charge is -2.10. The highest BCUT2D eigenvalue weighted by Gasteiger charge is 2.09. The molecule has 0 amide bonds. The van der Waals surface area contributed by atoms with Crippen LogP contribution in [0.25, 0.3) is 0 Å². The number of hydrogen-bond acceptors (Lipinski definition) is 3. The zero-order valence-electron chi connectivity index (χ0n) is 12.8. The van der Waals surface area contributed by atoms with Crippen molar-refractivity contribution in [1.29, 1.82) is 0 Å². The molecule has 4 heteroatoms. The van der Waals surface area contributed by atoms with Crippen molar-refractivity contribution >= 4 is 11.6 Å². The summed E-state index contributed by atoms with van der Waals surface area (Å²) in [5.74, 6) is 2.14.